The van der Waals surface area contributed by atoms with Gasteiger partial charge in [-0.05, 0) is 12.1 Å². The Morgan fingerprint density at radius 2 is 2.08 bits per heavy atom. The molecule has 0 fully saturated rings. The molecule has 0 atom stereocenters. The number of nitrogens with zero attached hydrogens (tertiary/aromatic N) is 5. The fourth-order valence-electron chi connectivity index (χ4n) is 2.11. The number of nitriles is 1. The van der Waals surface area contributed by atoms with Crippen molar-refractivity contribution in [1.82, 2.24) is 19.7 Å². The van der Waals surface area contributed by atoms with Gasteiger partial charge in [-0.15, -0.1) is 21.5 Å². The number of para-hydroxylation sites is 1. The fraction of sp³-hybridized carbons (Fsp3) is 0.200. The number of aromatic nitrogens is 4. The summed E-state index contributed by atoms with van der Waals surface area (Å²) in [6, 6.07) is 9.17. The number of benzene rings is 1. The zero-order valence-corrected chi connectivity index (χ0v) is 14.8. The van der Waals surface area contributed by atoms with E-state index in [0.717, 1.165) is 21.0 Å². The summed E-state index contributed by atoms with van der Waals surface area (Å²) in [5.41, 5.74) is 0.681. The van der Waals surface area contributed by atoms with E-state index in [0.29, 0.717) is 10.5 Å². The lowest BCUT2D eigenvalue weighted by molar-refractivity contribution is -0.147. The molecule has 0 unspecified atom stereocenters. The maximum Gasteiger partial charge on any atom is 0.451 e. The van der Waals surface area contributed by atoms with E-state index in [1.54, 1.807) is 6.07 Å². The predicted octanol–water partition coefficient (Wildman–Crippen LogP) is 4.03. The van der Waals surface area contributed by atoms with Gasteiger partial charge in [0, 0.05) is 7.05 Å². The third-order valence-electron chi connectivity index (χ3n) is 3.33. The van der Waals surface area contributed by atoms with Crippen LogP contribution in [-0.4, -0.2) is 30.6 Å². The topological polar surface area (TPSA) is 87.6 Å². The van der Waals surface area contributed by atoms with E-state index in [9.17, 15) is 23.5 Å². The van der Waals surface area contributed by atoms with Crippen LogP contribution in [0.5, 0.6) is 0 Å². The van der Waals surface area contributed by atoms with Crippen LogP contribution in [0.3, 0.4) is 0 Å². The molecule has 0 aliphatic carbocycles. The van der Waals surface area contributed by atoms with Crippen molar-refractivity contribution in [2.45, 2.75) is 11.3 Å². The van der Waals surface area contributed by atoms with Crippen LogP contribution in [0.2, 0.25) is 0 Å². The zero-order chi connectivity index (χ0) is 18.9. The Hall–Kier alpha value is -2.58. The van der Waals surface area contributed by atoms with Gasteiger partial charge < -0.3 is 9.67 Å². The molecule has 0 saturated heterocycles. The molecular weight excluding hydrogens is 387 g/mol. The molecule has 0 amide bonds. The third-order valence-corrected chi connectivity index (χ3v) is 5.42. The largest absolute Gasteiger partial charge is 0.510 e. The zero-order valence-electron chi connectivity index (χ0n) is 13.2. The first-order valence-corrected chi connectivity index (χ1v) is 8.89. The summed E-state index contributed by atoms with van der Waals surface area (Å²) in [6.07, 6.45) is -4.61. The van der Waals surface area contributed by atoms with Gasteiger partial charge in [-0.25, -0.2) is 4.98 Å². The number of hydrogen-bond donors (Lipinski definition) is 1. The summed E-state index contributed by atoms with van der Waals surface area (Å²) in [6.45, 7) is 0. The molecule has 1 N–H and O–H groups in total. The Kier molecular flexibility index (Phi) is 4.88. The molecule has 134 valence electrons. The minimum absolute atomic E-state index is 0.0167. The molecule has 0 radical (unpaired) electrons. The number of thiazole rings is 1. The number of rotatable bonds is 4. The number of halogens is 3. The quantitative estimate of drug-likeness (QED) is 0.406. The Labute approximate surface area is 153 Å². The number of allylic oxidation sites excluding steroid dienone is 1. The van der Waals surface area contributed by atoms with E-state index >= 15 is 0 Å². The SMILES string of the molecule is Cn1c(SC/C(O)=C(\C#N)c2nc3ccccc3s2)nnc1C(F)(F)F. The van der Waals surface area contributed by atoms with Crippen molar-refractivity contribution in [2.75, 3.05) is 5.75 Å². The monoisotopic (exact) mass is 397 g/mol. The molecule has 0 bridgehead atoms. The molecule has 0 aliphatic rings. The molecule has 3 rings (SSSR count). The Morgan fingerprint density at radius 3 is 2.69 bits per heavy atom. The average molecular weight is 397 g/mol. The Balaban J connectivity index is 1.84. The highest BCUT2D eigenvalue weighted by Gasteiger charge is 2.37. The van der Waals surface area contributed by atoms with Gasteiger partial charge >= 0.3 is 6.18 Å². The minimum atomic E-state index is -4.61. The molecule has 0 spiro atoms. The summed E-state index contributed by atoms with van der Waals surface area (Å²) >= 11 is 2.09. The van der Waals surface area contributed by atoms with Crippen LogP contribution in [0, 0.1) is 11.3 Å². The van der Waals surface area contributed by atoms with Crippen molar-refractivity contribution < 1.29 is 18.3 Å². The normalized spacial score (nSPS) is 12.9. The molecule has 2 aromatic heterocycles. The van der Waals surface area contributed by atoms with Crippen molar-refractivity contribution in [3.8, 4) is 6.07 Å². The van der Waals surface area contributed by atoms with E-state index < -0.39 is 12.0 Å². The van der Waals surface area contributed by atoms with Gasteiger partial charge in [-0.3, -0.25) is 0 Å². The van der Waals surface area contributed by atoms with Crippen LogP contribution < -0.4 is 0 Å². The van der Waals surface area contributed by atoms with Crippen molar-refractivity contribution in [2.24, 2.45) is 7.05 Å². The predicted molar refractivity (Wildman–Crippen MR) is 91.5 cm³/mol. The van der Waals surface area contributed by atoms with Gasteiger partial charge in [0.2, 0.25) is 5.82 Å². The van der Waals surface area contributed by atoms with Crippen LogP contribution in [0.25, 0.3) is 15.8 Å². The van der Waals surface area contributed by atoms with E-state index in [1.807, 2.05) is 24.3 Å². The highest BCUT2D eigenvalue weighted by Crippen LogP contribution is 2.32. The average Bonchev–Trinajstić information content (AvgIpc) is 3.16. The number of hydrogen-bond acceptors (Lipinski definition) is 7. The highest BCUT2D eigenvalue weighted by molar-refractivity contribution is 7.99. The lowest BCUT2D eigenvalue weighted by Crippen LogP contribution is -2.13. The highest BCUT2D eigenvalue weighted by atomic mass is 32.2. The van der Waals surface area contributed by atoms with Gasteiger partial charge in [0.05, 0.1) is 16.0 Å². The number of thioether (sulfide) groups is 1. The van der Waals surface area contributed by atoms with E-state index in [-0.39, 0.29) is 22.2 Å². The molecule has 11 heteroatoms. The van der Waals surface area contributed by atoms with Crippen molar-refractivity contribution in [1.29, 1.82) is 5.26 Å². The van der Waals surface area contributed by atoms with Crippen molar-refractivity contribution in [3.05, 3.63) is 40.9 Å². The van der Waals surface area contributed by atoms with Crippen LogP contribution in [0.4, 0.5) is 13.2 Å². The standard InChI is InChI=1S/C15H10F3N5OS2/c1-23-13(15(16,17)18)21-22-14(23)25-7-10(24)8(6-19)12-20-9-4-2-3-5-11(9)26-12/h2-5,24H,7H2,1H3/b10-8-. The molecule has 26 heavy (non-hydrogen) atoms. The number of aliphatic hydroxyl groups excluding tert-OH is 1. The van der Waals surface area contributed by atoms with Crippen molar-refractivity contribution >= 4 is 38.9 Å². The summed E-state index contributed by atoms with van der Waals surface area (Å²) in [7, 11) is 1.19. The van der Waals surface area contributed by atoms with Crippen molar-refractivity contribution in [3.63, 3.8) is 0 Å². The molecule has 6 nitrogen and oxygen atoms in total. The summed E-state index contributed by atoms with van der Waals surface area (Å²) in [4.78, 5) is 4.30. The molecular formula is C15H10F3N5OS2. The van der Waals surface area contributed by atoms with Gasteiger partial charge in [0.1, 0.15) is 22.4 Å². The Bertz CT molecular complexity index is 999. The van der Waals surface area contributed by atoms with Crippen LogP contribution in [0.1, 0.15) is 10.8 Å². The maximum atomic E-state index is 12.7. The minimum Gasteiger partial charge on any atom is -0.510 e. The smallest absolute Gasteiger partial charge is 0.451 e. The lowest BCUT2D eigenvalue weighted by Gasteiger charge is -2.06. The lowest BCUT2D eigenvalue weighted by atomic mass is 10.2. The van der Waals surface area contributed by atoms with Crippen LogP contribution >= 0.6 is 23.1 Å². The summed E-state index contributed by atoms with van der Waals surface area (Å²) < 4.78 is 39.8. The third kappa shape index (κ3) is 3.51. The molecule has 3 aromatic rings. The second-order valence-corrected chi connectivity index (χ2v) is 7.05. The molecule has 1 aromatic carbocycles. The fourth-order valence-corrected chi connectivity index (χ4v) is 3.88. The van der Waals surface area contributed by atoms with Gasteiger partial charge in [0.15, 0.2) is 5.16 Å². The summed E-state index contributed by atoms with van der Waals surface area (Å²) in [5, 5.41) is 26.5. The van der Waals surface area contributed by atoms with Gasteiger partial charge in [-0.2, -0.15) is 18.4 Å². The first-order chi connectivity index (χ1) is 12.3. The number of alkyl halides is 3. The molecule has 0 saturated carbocycles. The number of fused-ring (bicyclic) bond motifs is 1. The summed E-state index contributed by atoms with van der Waals surface area (Å²) in [5.74, 6) is -1.55. The second-order valence-electron chi connectivity index (χ2n) is 5.07. The number of aliphatic hydroxyl groups is 1. The van der Waals surface area contributed by atoms with E-state index in [2.05, 4.69) is 15.2 Å². The molecule has 2 heterocycles. The van der Waals surface area contributed by atoms with Gasteiger partial charge in [0.25, 0.3) is 0 Å². The van der Waals surface area contributed by atoms with Crippen LogP contribution in [0.15, 0.2) is 35.2 Å². The van der Waals surface area contributed by atoms with Gasteiger partial charge in [-0.1, -0.05) is 23.9 Å². The first-order valence-electron chi connectivity index (χ1n) is 7.08. The second kappa shape index (κ2) is 6.97. The van der Waals surface area contributed by atoms with E-state index in [1.165, 1.54) is 18.4 Å². The van der Waals surface area contributed by atoms with E-state index in [4.69, 9.17) is 0 Å². The van der Waals surface area contributed by atoms with Crippen LogP contribution in [-0.2, 0) is 13.2 Å². The maximum absolute atomic E-state index is 12.7. The molecule has 0 aliphatic heterocycles. The first kappa shape index (κ1) is 18.2. The Morgan fingerprint density at radius 1 is 1.35 bits per heavy atom.